The Labute approximate surface area is 61.2 Å². The summed E-state index contributed by atoms with van der Waals surface area (Å²) in [6, 6.07) is 0. The average Bonchev–Trinajstić information content (AvgIpc) is 2.17. The fraction of sp³-hybridized carbons (Fsp3) is 0.400. The van der Waals surface area contributed by atoms with Crippen molar-refractivity contribution in [3.05, 3.63) is 16.8 Å². The minimum absolute atomic E-state index is 0.422. The molecule has 1 aromatic rings. The Morgan fingerprint density at radius 3 is 3.11 bits per heavy atom. The highest BCUT2D eigenvalue weighted by Gasteiger charge is 1.97. The van der Waals surface area contributed by atoms with Crippen LogP contribution in [-0.4, -0.2) is 12.1 Å². The fourth-order valence-electron chi connectivity index (χ4n) is 0.478. The first kappa shape index (κ1) is 6.77. The molecule has 4 heteroatoms. The lowest BCUT2D eigenvalue weighted by molar-refractivity contribution is 0.159. The number of nitrogens with zero attached hydrogens (tertiary/aromatic N) is 1. The minimum Gasteiger partial charge on any atom is -0.445 e. The molecule has 9 heavy (non-hydrogen) atoms. The van der Waals surface area contributed by atoms with E-state index in [2.05, 4.69) is 20.9 Å². The van der Waals surface area contributed by atoms with E-state index in [1.807, 2.05) is 0 Å². The molecule has 50 valence electrons. The molecule has 1 rings (SSSR count). The monoisotopic (exact) mass is 191 g/mol. The van der Waals surface area contributed by atoms with Gasteiger partial charge in [0.2, 0.25) is 5.89 Å². The van der Waals surface area contributed by atoms with Crippen LogP contribution < -0.4 is 0 Å². The van der Waals surface area contributed by atoms with Gasteiger partial charge < -0.3 is 9.15 Å². The molecule has 1 heterocycles. The lowest BCUT2D eigenvalue weighted by Crippen LogP contribution is -1.85. The summed E-state index contributed by atoms with van der Waals surface area (Å²) in [4.78, 5) is 3.93. The quantitative estimate of drug-likeness (QED) is 0.713. The zero-order valence-electron chi connectivity index (χ0n) is 4.93. The van der Waals surface area contributed by atoms with E-state index in [0.29, 0.717) is 17.1 Å². The molecule has 1 aromatic heterocycles. The van der Waals surface area contributed by atoms with Crippen LogP contribution in [0.2, 0.25) is 0 Å². The highest BCUT2D eigenvalue weighted by molar-refractivity contribution is 9.10. The summed E-state index contributed by atoms with van der Waals surface area (Å²) in [7, 11) is 1.60. The predicted molar refractivity (Wildman–Crippen MR) is 34.9 cm³/mol. The van der Waals surface area contributed by atoms with E-state index in [1.165, 1.54) is 6.26 Å². The summed E-state index contributed by atoms with van der Waals surface area (Å²) in [5.74, 6) is 0.587. The number of methoxy groups -OCH3 is 1. The first-order valence-corrected chi connectivity index (χ1v) is 3.21. The summed E-state index contributed by atoms with van der Waals surface area (Å²) < 4.78 is 10.4. The van der Waals surface area contributed by atoms with Crippen molar-refractivity contribution in [1.29, 1.82) is 0 Å². The number of hydrogen-bond donors (Lipinski definition) is 0. The van der Waals surface area contributed by atoms with Crippen molar-refractivity contribution in [3.63, 3.8) is 0 Å². The number of oxazole rings is 1. The van der Waals surface area contributed by atoms with Gasteiger partial charge in [-0.05, 0) is 15.9 Å². The average molecular weight is 192 g/mol. The number of halogens is 1. The van der Waals surface area contributed by atoms with Gasteiger partial charge in [-0.2, -0.15) is 0 Å². The van der Waals surface area contributed by atoms with Crippen LogP contribution >= 0.6 is 15.9 Å². The molecular weight excluding hydrogens is 186 g/mol. The molecule has 0 atom stereocenters. The molecule has 0 aromatic carbocycles. The van der Waals surface area contributed by atoms with E-state index >= 15 is 0 Å². The van der Waals surface area contributed by atoms with Crippen molar-refractivity contribution in [2.24, 2.45) is 0 Å². The molecular formula is C5H6BrNO2. The second kappa shape index (κ2) is 2.98. The molecule has 3 nitrogen and oxygen atoms in total. The van der Waals surface area contributed by atoms with Crippen LogP contribution in [-0.2, 0) is 11.3 Å². The van der Waals surface area contributed by atoms with E-state index < -0.39 is 0 Å². The van der Waals surface area contributed by atoms with E-state index in [0.717, 1.165) is 0 Å². The van der Waals surface area contributed by atoms with Crippen LogP contribution in [0, 0.1) is 0 Å². The van der Waals surface area contributed by atoms with Crippen LogP contribution in [0.4, 0.5) is 0 Å². The topological polar surface area (TPSA) is 35.3 Å². The summed E-state index contributed by atoms with van der Waals surface area (Å²) in [5, 5.41) is 0. The highest BCUT2D eigenvalue weighted by atomic mass is 79.9. The first-order valence-electron chi connectivity index (χ1n) is 2.42. The van der Waals surface area contributed by atoms with Crippen molar-refractivity contribution >= 4 is 15.9 Å². The van der Waals surface area contributed by atoms with Gasteiger partial charge in [-0.25, -0.2) is 4.98 Å². The second-order valence-electron chi connectivity index (χ2n) is 1.50. The molecule has 0 aliphatic rings. The highest BCUT2D eigenvalue weighted by Crippen LogP contribution is 2.08. The summed E-state index contributed by atoms with van der Waals surface area (Å²) in [6.07, 6.45) is 1.52. The molecule has 0 saturated carbocycles. The van der Waals surface area contributed by atoms with E-state index in [9.17, 15) is 0 Å². The standard InChI is InChI=1S/C5H6BrNO2/c1-8-3-5-7-4(6)2-9-5/h2H,3H2,1H3. The minimum atomic E-state index is 0.422. The molecule has 0 fully saturated rings. The van der Waals surface area contributed by atoms with E-state index in [4.69, 9.17) is 9.15 Å². The lowest BCUT2D eigenvalue weighted by Gasteiger charge is -1.87. The van der Waals surface area contributed by atoms with Gasteiger partial charge in [-0.3, -0.25) is 0 Å². The van der Waals surface area contributed by atoms with Gasteiger partial charge in [0.15, 0.2) is 0 Å². The summed E-state index contributed by atoms with van der Waals surface area (Å²) >= 11 is 3.14. The zero-order valence-corrected chi connectivity index (χ0v) is 6.51. The Morgan fingerprint density at radius 1 is 1.89 bits per heavy atom. The summed E-state index contributed by atoms with van der Waals surface area (Å²) in [6.45, 7) is 0.422. The molecule has 0 radical (unpaired) electrons. The van der Waals surface area contributed by atoms with Crippen molar-refractivity contribution in [2.45, 2.75) is 6.61 Å². The number of ether oxygens (including phenoxy) is 1. The third kappa shape index (κ3) is 1.80. The fourth-order valence-corrected chi connectivity index (χ4v) is 0.769. The Hall–Kier alpha value is -0.350. The normalized spacial score (nSPS) is 10.0. The van der Waals surface area contributed by atoms with Gasteiger partial charge in [0.25, 0.3) is 0 Å². The maximum atomic E-state index is 4.92. The van der Waals surface area contributed by atoms with Crippen LogP contribution in [0.1, 0.15) is 5.89 Å². The maximum Gasteiger partial charge on any atom is 0.221 e. The van der Waals surface area contributed by atoms with Crippen LogP contribution in [0.25, 0.3) is 0 Å². The Bertz CT molecular complexity index is 187. The van der Waals surface area contributed by atoms with Crippen molar-refractivity contribution in [3.8, 4) is 0 Å². The smallest absolute Gasteiger partial charge is 0.221 e. The van der Waals surface area contributed by atoms with Gasteiger partial charge in [0.1, 0.15) is 17.5 Å². The first-order chi connectivity index (χ1) is 4.33. The number of rotatable bonds is 2. The van der Waals surface area contributed by atoms with Crippen molar-refractivity contribution in [2.75, 3.05) is 7.11 Å². The number of hydrogen-bond acceptors (Lipinski definition) is 3. The summed E-state index contributed by atoms with van der Waals surface area (Å²) in [5.41, 5.74) is 0. The number of aromatic nitrogens is 1. The van der Waals surface area contributed by atoms with Gasteiger partial charge in [-0.1, -0.05) is 0 Å². The molecule has 0 amide bonds. The van der Waals surface area contributed by atoms with Gasteiger partial charge in [0.05, 0.1) is 0 Å². The molecule has 0 aliphatic carbocycles. The maximum absolute atomic E-state index is 4.92. The van der Waals surface area contributed by atoms with Crippen molar-refractivity contribution < 1.29 is 9.15 Å². The third-order valence-corrected chi connectivity index (χ3v) is 1.16. The van der Waals surface area contributed by atoms with E-state index in [-0.39, 0.29) is 0 Å². The van der Waals surface area contributed by atoms with Crippen LogP contribution in [0.5, 0.6) is 0 Å². The largest absolute Gasteiger partial charge is 0.445 e. The van der Waals surface area contributed by atoms with E-state index in [1.54, 1.807) is 7.11 Å². The Balaban J connectivity index is 2.61. The molecule has 0 saturated heterocycles. The zero-order chi connectivity index (χ0) is 6.69. The third-order valence-electron chi connectivity index (χ3n) is 0.792. The predicted octanol–water partition coefficient (Wildman–Crippen LogP) is 1.58. The SMILES string of the molecule is COCc1nc(Br)co1. The van der Waals surface area contributed by atoms with Gasteiger partial charge in [-0.15, -0.1) is 0 Å². The molecule has 0 bridgehead atoms. The molecule has 0 unspecified atom stereocenters. The Kier molecular flexibility index (Phi) is 2.24. The lowest BCUT2D eigenvalue weighted by atomic mass is 10.7. The van der Waals surface area contributed by atoms with Gasteiger partial charge >= 0.3 is 0 Å². The van der Waals surface area contributed by atoms with Crippen LogP contribution in [0.3, 0.4) is 0 Å². The van der Waals surface area contributed by atoms with Crippen LogP contribution in [0.15, 0.2) is 15.3 Å². The van der Waals surface area contributed by atoms with Gasteiger partial charge in [0, 0.05) is 7.11 Å². The molecule has 0 N–H and O–H groups in total. The second-order valence-corrected chi connectivity index (χ2v) is 2.31. The molecule has 0 spiro atoms. The van der Waals surface area contributed by atoms with Crippen molar-refractivity contribution in [1.82, 2.24) is 4.98 Å². The molecule has 0 aliphatic heterocycles. The Morgan fingerprint density at radius 2 is 2.67 bits per heavy atom.